The van der Waals surface area contributed by atoms with Gasteiger partial charge < -0.3 is 30.7 Å². The van der Waals surface area contributed by atoms with Gasteiger partial charge in [0.1, 0.15) is 45.6 Å². The fraction of sp³-hybridized carbons (Fsp3) is 0.489. The van der Waals surface area contributed by atoms with Crippen LogP contribution in [0.3, 0.4) is 0 Å². The molecule has 6 aromatic heterocycles. The van der Waals surface area contributed by atoms with Crippen molar-refractivity contribution in [2.75, 3.05) is 63.7 Å². The lowest BCUT2D eigenvalue weighted by molar-refractivity contribution is -0.0149. The van der Waals surface area contributed by atoms with Crippen LogP contribution in [-0.2, 0) is 4.74 Å². The number of aryl methyl sites for hydroxylation is 2. The largest absolute Gasteiger partial charge is 0.495 e. The summed E-state index contributed by atoms with van der Waals surface area (Å²) in [4.78, 5) is 58.3. The number of aromatic nitrogens is 6. The van der Waals surface area contributed by atoms with Crippen LogP contribution < -0.4 is 26.0 Å². The number of hydrogen-bond acceptors (Lipinski definition) is 14. The number of methoxy groups -OCH3 is 1. The van der Waals surface area contributed by atoms with Crippen molar-refractivity contribution in [1.82, 2.24) is 45.4 Å². The lowest BCUT2D eigenvalue weighted by atomic mass is 9.76. The van der Waals surface area contributed by atoms with E-state index in [2.05, 4.69) is 31.2 Å². The van der Waals surface area contributed by atoms with Gasteiger partial charge in [0.15, 0.2) is 0 Å². The summed E-state index contributed by atoms with van der Waals surface area (Å²) in [6.07, 6.45) is 15.7. The van der Waals surface area contributed by atoms with Crippen LogP contribution in [0.5, 0.6) is 5.75 Å². The minimum atomic E-state index is -0.428. The molecular formula is C47H56ClN11O4. The number of rotatable bonds is 15. The molecule has 1 saturated heterocycles. The van der Waals surface area contributed by atoms with Crippen LogP contribution in [0.15, 0.2) is 36.9 Å². The third kappa shape index (κ3) is 8.75. The van der Waals surface area contributed by atoms with Gasteiger partial charge in [0.25, 0.3) is 5.91 Å². The molecule has 3 aliphatic rings. The van der Waals surface area contributed by atoms with E-state index in [1.807, 2.05) is 20.8 Å². The van der Waals surface area contributed by atoms with E-state index in [1.165, 1.54) is 12.8 Å². The molecule has 16 heteroatoms. The average Bonchev–Trinajstić information content (AvgIpc) is 4.14. The van der Waals surface area contributed by atoms with Gasteiger partial charge in [-0.05, 0) is 81.9 Å². The summed E-state index contributed by atoms with van der Waals surface area (Å²) in [7, 11) is 1.62. The number of anilines is 2. The van der Waals surface area contributed by atoms with E-state index in [0.717, 1.165) is 93.1 Å². The van der Waals surface area contributed by atoms with Crippen molar-refractivity contribution in [3.05, 3.63) is 64.2 Å². The number of piperazine rings is 1. The van der Waals surface area contributed by atoms with Crippen molar-refractivity contribution < 1.29 is 19.1 Å². The lowest BCUT2D eigenvalue weighted by Gasteiger charge is -2.43. The fourth-order valence-electron chi connectivity index (χ4n) is 9.64. The van der Waals surface area contributed by atoms with E-state index in [0.29, 0.717) is 91.0 Å². The van der Waals surface area contributed by atoms with E-state index in [1.54, 1.807) is 44.0 Å². The number of ether oxygens (including phenoxy) is 2. The molecule has 0 radical (unpaired) electrons. The highest BCUT2D eigenvalue weighted by molar-refractivity contribution is 6.32. The van der Waals surface area contributed by atoms with Gasteiger partial charge in [-0.25, -0.2) is 19.7 Å². The number of nitrogens with zero attached hydrogens (tertiary/aromatic N) is 7. The van der Waals surface area contributed by atoms with Crippen LogP contribution in [0.25, 0.3) is 44.1 Å². The zero-order valence-electron chi connectivity index (χ0n) is 36.5. The standard InChI is InChI=1S/C47H56ClN11O4/c1-5-50-46(60)31-13-17-53-42-38(31)58-37-27(3)35(62-4)24-56-41(37)45(42)52-16-12-29-7-6-8-30(21-29)34-23-49-19-20-59(34)25-63-47(61)32-14-18-54-43-39(32)57-36-26(2)33(48)22-55-40(36)44(43)51-15-11-28-9-10-28/h13-14,17-18,22,24,28-30,34,49H,5-12,15-16,19-21,23,25H2,1-4H3,(H,50,60)(H,51,57)(H,52,58). The van der Waals surface area contributed by atoms with E-state index >= 15 is 0 Å². The third-order valence-corrected chi connectivity index (χ3v) is 13.7. The van der Waals surface area contributed by atoms with Crippen LogP contribution in [0.4, 0.5) is 11.4 Å². The predicted octanol–water partition coefficient (Wildman–Crippen LogP) is 7.61. The Labute approximate surface area is 371 Å². The van der Waals surface area contributed by atoms with Crippen LogP contribution >= 0.6 is 11.6 Å². The molecule has 3 atom stereocenters. The first-order chi connectivity index (χ1) is 30.7. The third-order valence-electron chi connectivity index (χ3n) is 13.3. The number of halogens is 1. The van der Waals surface area contributed by atoms with Gasteiger partial charge in [0.2, 0.25) is 0 Å². The summed E-state index contributed by atoms with van der Waals surface area (Å²) < 4.78 is 11.8. The van der Waals surface area contributed by atoms with E-state index in [9.17, 15) is 9.59 Å². The Kier molecular flexibility index (Phi) is 12.7. The van der Waals surface area contributed by atoms with E-state index in [4.69, 9.17) is 46.0 Å². The van der Waals surface area contributed by atoms with Crippen molar-refractivity contribution in [2.24, 2.45) is 17.8 Å². The monoisotopic (exact) mass is 873 g/mol. The number of nitrogens with one attached hydrogen (secondary N) is 4. The number of pyridine rings is 6. The van der Waals surface area contributed by atoms with Crippen LogP contribution in [0, 0.1) is 31.6 Å². The highest BCUT2D eigenvalue weighted by atomic mass is 35.5. The SMILES string of the molecule is CCNC(=O)c1ccnc2c(NCCC3CCCC(C4CNCCN4COC(=O)c4ccnc5c(NCCC6CC6)c6ncc(Cl)c(C)c6nc45)C3)c3ncc(OC)c(C)c3nc12. The minimum Gasteiger partial charge on any atom is -0.495 e. The summed E-state index contributed by atoms with van der Waals surface area (Å²) >= 11 is 6.53. The van der Waals surface area contributed by atoms with E-state index < -0.39 is 5.97 Å². The zero-order chi connectivity index (χ0) is 43.6. The first-order valence-electron chi connectivity index (χ1n) is 22.5. The number of amides is 1. The van der Waals surface area contributed by atoms with E-state index in [-0.39, 0.29) is 18.7 Å². The highest BCUT2D eigenvalue weighted by Crippen LogP contribution is 2.39. The van der Waals surface area contributed by atoms with Crippen molar-refractivity contribution in [3.8, 4) is 5.75 Å². The first kappa shape index (κ1) is 42.8. The van der Waals surface area contributed by atoms with Crippen LogP contribution in [0.2, 0.25) is 5.02 Å². The number of carbonyl (C=O) groups is 2. The molecule has 2 aliphatic carbocycles. The maximum absolute atomic E-state index is 14.0. The Hall–Kier alpha value is -5.51. The molecular weight excluding hydrogens is 818 g/mol. The Morgan fingerprint density at radius 3 is 2.16 bits per heavy atom. The molecule has 63 heavy (non-hydrogen) atoms. The van der Waals surface area contributed by atoms with Gasteiger partial charge in [-0.3, -0.25) is 24.6 Å². The van der Waals surface area contributed by atoms with Crippen molar-refractivity contribution in [2.45, 2.75) is 78.2 Å². The molecule has 7 heterocycles. The highest BCUT2D eigenvalue weighted by Gasteiger charge is 2.34. The molecule has 330 valence electrons. The molecule has 9 rings (SSSR count). The van der Waals surface area contributed by atoms with Crippen LogP contribution in [0.1, 0.15) is 90.1 Å². The van der Waals surface area contributed by atoms with Gasteiger partial charge in [-0.1, -0.05) is 37.3 Å². The molecule has 0 aromatic carbocycles. The zero-order valence-corrected chi connectivity index (χ0v) is 37.3. The van der Waals surface area contributed by atoms with Gasteiger partial charge in [0.05, 0.1) is 51.9 Å². The molecule has 0 bridgehead atoms. The summed E-state index contributed by atoms with van der Waals surface area (Å²) in [5, 5.41) is 14.3. The number of esters is 1. The second-order valence-electron chi connectivity index (χ2n) is 17.3. The second kappa shape index (κ2) is 18.7. The maximum atomic E-state index is 14.0. The summed E-state index contributed by atoms with van der Waals surface area (Å²) in [5.74, 6) is 1.71. The molecule has 0 spiro atoms. The van der Waals surface area contributed by atoms with Crippen molar-refractivity contribution in [1.29, 1.82) is 0 Å². The van der Waals surface area contributed by atoms with Crippen LogP contribution in [-0.4, -0.2) is 106 Å². The number of carbonyl (C=O) groups excluding carboxylic acids is 2. The van der Waals surface area contributed by atoms with Gasteiger partial charge in [-0.2, -0.15) is 0 Å². The van der Waals surface area contributed by atoms with Crippen molar-refractivity contribution >= 4 is 79.0 Å². The molecule has 15 nitrogen and oxygen atoms in total. The van der Waals surface area contributed by atoms with Gasteiger partial charge >= 0.3 is 5.97 Å². The second-order valence-corrected chi connectivity index (χ2v) is 17.7. The first-order valence-corrected chi connectivity index (χ1v) is 22.8. The summed E-state index contributed by atoms with van der Waals surface area (Å²) in [6, 6.07) is 3.64. The molecule has 6 aromatic rings. The molecule has 3 unspecified atom stereocenters. The fourth-order valence-corrected chi connectivity index (χ4v) is 9.78. The molecule has 3 fully saturated rings. The number of hydrogen-bond donors (Lipinski definition) is 4. The molecule has 4 N–H and O–H groups in total. The molecule has 1 amide bonds. The Bertz CT molecular complexity index is 2700. The minimum absolute atomic E-state index is 0.189. The lowest BCUT2D eigenvalue weighted by Crippen LogP contribution is -2.55. The van der Waals surface area contributed by atoms with Gasteiger partial charge in [0, 0.05) is 69.5 Å². The molecule has 1 aliphatic heterocycles. The smallest absolute Gasteiger partial charge is 0.341 e. The Balaban J connectivity index is 0.894. The van der Waals surface area contributed by atoms with Gasteiger partial charge in [-0.15, -0.1) is 0 Å². The predicted molar refractivity (Wildman–Crippen MR) is 247 cm³/mol. The number of fused-ring (bicyclic) bond motifs is 4. The maximum Gasteiger partial charge on any atom is 0.341 e. The normalized spacial score (nSPS) is 19.4. The Morgan fingerprint density at radius 1 is 0.810 bits per heavy atom. The Morgan fingerprint density at radius 2 is 1.46 bits per heavy atom. The average molecular weight is 874 g/mol. The molecule has 2 saturated carbocycles. The summed E-state index contributed by atoms with van der Waals surface area (Å²) in [6.45, 7) is 10.4. The topological polar surface area (TPSA) is 181 Å². The quantitative estimate of drug-likeness (QED) is 0.0585. The van der Waals surface area contributed by atoms with Crippen molar-refractivity contribution in [3.63, 3.8) is 0 Å². The summed E-state index contributed by atoms with van der Waals surface area (Å²) in [5.41, 5.74) is 8.97.